The van der Waals surface area contributed by atoms with Crippen LogP contribution in [0.25, 0.3) is 6.08 Å². The lowest BCUT2D eigenvalue weighted by atomic mass is 9.94. The molecule has 0 aliphatic heterocycles. The number of anilines is 2. The number of carbonyl (C=O) groups excluding carboxylic acids is 1. The Balaban J connectivity index is 1.71. The highest BCUT2D eigenvalue weighted by atomic mass is 19.3. The van der Waals surface area contributed by atoms with E-state index in [2.05, 4.69) is 5.32 Å². The summed E-state index contributed by atoms with van der Waals surface area (Å²) in [6.07, 6.45) is 1.64. The van der Waals surface area contributed by atoms with Gasteiger partial charge in [-0.25, -0.2) is 18.0 Å². The van der Waals surface area contributed by atoms with Gasteiger partial charge in [-0.15, -0.1) is 0 Å². The van der Waals surface area contributed by atoms with Crippen molar-refractivity contribution >= 4 is 23.5 Å². The van der Waals surface area contributed by atoms with Crippen LogP contribution in [0.3, 0.4) is 0 Å². The lowest BCUT2D eigenvalue weighted by Gasteiger charge is -2.28. The lowest BCUT2D eigenvalue weighted by molar-refractivity contribution is -0.111. The number of nitrogens with one attached hydrogen (secondary N) is 1. The molecule has 11 heteroatoms. The van der Waals surface area contributed by atoms with Crippen molar-refractivity contribution in [3.05, 3.63) is 56.5 Å². The monoisotopic (exact) mass is 480 g/mol. The zero-order valence-electron chi connectivity index (χ0n) is 18.9. The van der Waals surface area contributed by atoms with Crippen molar-refractivity contribution in [2.45, 2.75) is 64.6 Å². The Morgan fingerprint density at radius 2 is 1.85 bits per heavy atom. The van der Waals surface area contributed by atoms with Gasteiger partial charge in [0.25, 0.3) is 5.56 Å². The molecule has 1 fully saturated rings. The molecule has 1 aromatic heterocycles. The zero-order valence-corrected chi connectivity index (χ0v) is 18.9. The van der Waals surface area contributed by atoms with Crippen LogP contribution in [-0.4, -0.2) is 27.1 Å². The molecular formula is C23H27F3N4O4. The molecule has 1 saturated carbocycles. The summed E-state index contributed by atoms with van der Waals surface area (Å²) in [6.45, 7) is 3.61. The Hall–Kier alpha value is -3.50. The highest BCUT2D eigenvalue weighted by Crippen LogP contribution is 2.35. The molecule has 1 aromatic carbocycles. The van der Waals surface area contributed by atoms with Crippen molar-refractivity contribution in [1.82, 2.24) is 9.13 Å². The van der Waals surface area contributed by atoms with E-state index in [1.165, 1.54) is 22.8 Å². The van der Waals surface area contributed by atoms with Crippen molar-refractivity contribution in [2.75, 3.05) is 11.1 Å². The van der Waals surface area contributed by atoms with Crippen molar-refractivity contribution in [3.8, 4) is 5.75 Å². The Labute approximate surface area is 193 Å². The number of benzene rings is 1. The van der Waals surface area contributed by atoms with Crippen LogP contribution >= 0.6 is 0 Å². The number of amides is 1. The van der Waals surface area contributed by atoms with Crippen molar-refractivity contribution in [3.63, 3.8) is 0 Å². The highest BCUT2D eigenvalue weighted by Gasteiger charge is 2.35. The zero-order chi connectivity index (χ0) is 25.0. The number of ether oxygens (including phenoxy) is 1. The Kier molecular flexibility index (Phi) is 7.53. The maximum absolute atomic E-state index is 14.4. The van der Waals surface area contributed by atoms with Crippen LogP contribution in [-0.2, 0) is 17.9 Å². The van der Waals surface area contributed by atoms with E-state index in [0.717, 1.165) is 16.7 Å². The average Bonchev–Trinajstić information content (AvgIpc) is 2.79. The number of alkyl halides is 2. The second kappa shape index (κ2) is 10.2. The third kappa shape index (κ3) is 5.52. The predicted octanol–water partition coefficient (Wildman–Crippen LogP) is 3.38. The number of nitrogen functional groups attached to an aromatic ring is 1. The topological polar surface area (TPSA) is 108 Å². The molecule has 1 aliphatic rings. The summed E-state index contributed by atoms with van der Waals surface area (Å²) in [5.74, 6) is -4.29. The Bertz CT molecular complexity index is 1210. The van der Waals surface area contributed by atoms with Gasteiger partial charge in [0.15, 0.2) is 11.6 Å². The summed E-state index contributed by atoms with van der Waals surface area (Å²) < 4.78 is 48.6. The van der Waals surface area contributed by atoms with Gasteiger partial charge in [0.2, 0.25) is 11.8 Å². The highest BCUT2D eigenvalue weighted by molar-refractivity contribution is 6.03. The molecule has 3 rings (SSSR count). The Morgan fingerprint density at radius 3 is 2.44 bits per heavy atom. The summed E-state index contributed by atoms with van der Waals surface area (Å²) >= 11 is 0. The predicted molar refractivity (Wildman–Crippen MR) is 123 cm³/mol. The maximum Gasteiger partial charge on any atom is 0.332 e. The average molecular weight is 480 g/mol. The number of carbonyl (C=O) groups is 1. The van der Waals surface area contributed by atoms with Gasteiger partial charge in [0.1, 0.15) is 11.5 Å². The van der Waals surface area contributed by atoms with Gasteiger partial charge >= 0.3 is 5.69 Å². The van der Waals surface area contributed by atoms with E-state index in [0.29, 0.717) is 5.56 Å². The molecule has 0 bridgehead atoms. The number of nitrogens with zero attached hydrogens (tertiary/aromatic N) is 2. The minimum Gasteiger partial charge on any atom is -0.487 e. The quantitative estimate of drug-likeness (QED) is 0.591. The summed E-state index contributed by atoms with van der Waals surface area (Å²) in [5.41, 5.74) is 4.75. The van der Waals surface area contributed by atoms with Gasteiger partial charge in [-0.3, -0.25) is 18.7 Å². The van der Waals surface area contributed by atoms with E-state index in [1.54, 1.807) is 13.8 Å². The van der Waals surface area contributed by atoms with Crippen LogP contribution in [0.2, 0.25) is 0 Å². The largest absolute Gasteiger partial charge is 0.487 e. The van der Waals surface area contributed by atoms with E-state index in [-0.39, 0.29) is 56.0 Å². The van der Waals surface area contributed by atoms with Crippen LogP contribution in [0.15, 0.2) is 33.9 Å². The standard InChI is InChI=1S/C23H27F3N4O4/c1-3-29-20(27)19(21(32)30(4-2)22(29)33)28-18(31)8-6-14-5-7-17(16(24)13-14)34-15-9-11-23(25,26)12-10-15/h5-8,13,15H,3-4,9-12,27H2,1-2H3,(H,28,31)/b8-6+. The van der Waals surface area contributed by atoms with Crippen LogP contribution < -0.4 is 27.0 Å². The first kappa shape index (κ1) is 25.1. The Morgan fingerprint density at radius 1 is 1.21 bits per heavy atom. The summed E-state index contributed by atoms with van der Waals surface area (Å²) in [7, 11) is 0. The number of halogens is 3. The molecular weight excluding hydrogens is 453 g/mol. The molecule has 8 nitrogen and oxygen atoms in total. The van der Waals surface area contributed by atoms with Gasteiger partial charge in [-0.2, -0.15) is 0 Å². The van der Waals surface area contributed by atoms with Crippen molar-refractivity contribution < 1.29 is 22.7 Å². The van der Waals surface area contributed by atoms with Crippen LogP contribution in [0.5, 0.6) is 5.75 Å². The minimum absolute atomic E-state index is 0.0495. The van der Waals surface area contributed by atoms with Crippen molar-refractivity contribution in [1.29, 1.82) is 0 Å². The van der Waals surface area contributed by atoms with Crippen LogP contribution in [0, 0.1) is 5.82 Å². The van der Waals surface area contributed by atoms with E-state index < -0.39 is 35.0 Å². The summed E-state index contributed by atoms with van der Waals surface area (Å²) in [6, 6.07) is 4.02. The fourth-order valence-corrected chi connectivity index (χ4v) is 3.78. The number of hydrogen-bond donors (Lipinski definition) is 2. The fourth-order valence-electron chi connectivity index (χ4n) is 3.78. The number of hydrogen-bond acceptors (Lipinski definition) is 5. The molecule has 1 aliphatic carbocycles. The summed E-state index contributed by atoms with van der Waals surface area (Å²) in [5, 5.41) is 2.39. The molecule has 3 N–H and O–H groups in total. The van der Waals surface area contributed by atoms with E-state index >= 15 is 0 Å². The molecule has 0 atom stereocenters. The van der Waals surface area contributed by atoms with Gasteiger partial charge in [0.05, 0.1) is 6.10 Å². The van der Waals surface area contributed by atoms with Gasteiger partial charge in [-0.1, -0.05) is 6.07 Å². The first-order valence-electron chi connectivity index (χ1n) is 11.0. The number of nitrogens with two attached hydrogens (primary N) is 1. The molecule has 1 heterocycles. The molecule has 184 valence electrons. The van der Waals surface area contributed by atoms with E-state index in [9.17, 15) is 27.6 Å². The molecule has 0 saturated heterocycles. The minimum atomic E-state index is -2.70. The second-order valence-corrected chi connectivity index (χ2v) is 8.02. The number of aromatic nitrogens is 2. The molecule has 2 aromatic rings. The van der Waals surface area contributed by atoms with Crippen LogP contribution in [0.4, 0.5) is 24.7 Å². The molecule has 1 amide bonds. The smallest absolute Gasteiger partial charge is 0.332 e. The number of rotatable bonds is 7. The molecule has 0 unspecified atom stereocenters. The molecule has 0 radical (unpaired) electrons. The van der Waals surface area contributed by atoms with Gasteiger partial charge < -0.3 is 15.8 Å². The molecule has 0 spiro atoms. The first-order chi connectivity index (χ1) is 16.1. The SMILES string of the molecule is CCn1c(N)c(NC(=O)/C=C/c2ccc(OC3CCC(F)(F)CC3)c(F)c2)c(=O)n(CC)c1=O. The second-order valence-electron chi connectivity index (χ2n) is 8.02. The molecule has 34 heavy (non-hydrogen) atoms. The van der Waals surface area contributed by atoms with E-state index in [4.69, 9.17) is 10.5 Å². The fraction of sp³-hybridized carbons (Fsp3) is 0.435. The normalized spacial score (nSPS) is 16.0. The third-order valence-corrected chi connectivity index (χ3v) is 5.69. The third-order valence-electron chi connectivity index (χ3n) is 5.69. The van der Waals surface area contributed by atoms with Crippen LogP contribution in [0.1, 0.15) is 45.1 Å². The lowest BCUT2D eigenvalue weighted by Crippen LogP contribution is -2.42. The van der Waals surface area contributed by atoms with Gasteiger partial charge in [-0.05, 0) is 50.5 Å². The van der Waals surface area contributed by atoms with Gasteiger partial charge in [0, 0.05) is 32.0 Å². The van der Waals surface area contributed by atoms with Crippen molar-refractivity contribution in [2.24, 2.45) is 0 Å². The summed E-state index contributed by atoms with van der Waals surface area (Å²) in [4.78, 5) is 37.2. The first-order valence-corrected chi connectivity index (χ1v) is 11.0. The van der Waals surface area contributed by atoms with E-state index in [1.807, 2.05) is 0 Å². The maximum atomic E-state index is 14.4.